The van der Waals surface area contributed by atoms with Gasteiger partial charge in [-0.3, -0.25) is 9.59 Å². The Bertz CT molecular complexity index is 380. The second-order valence-corrected chi connectivity index (χ2v) is 3.66. The largest absolute Gasteiger partial charge is 0.438 e. The van der Waals surface area contributed by atoms with E-state index in [-0.39, 0.29) is 17.6 Å². The number of hydrogen-bond acceptors (Lipinski definition) is 4. The summed E-state index contributed by atoms with van der Waals surface area (Å²) in [5.74, 6) is 0.128. The summed E-state index contributed by atoms with van der Waals surface area (Å²) >= 11 is 0. The molecule has 1 aromatic rings. The van der Waals surface area contributed by atoms with E-state index in [1.54, 1.807) is 9.80 Å². The molecule has 2 rings (SSSR count). The summed E-state index contributed by atoms with van der Waals surface area (Å²) < 4.78 is 4.94. The molecule has 0 unspecified atom stereocenters. The first-order valence-electron chi connectivity index (χ1n) is 5.12. The fourth-order valence-electron chi connectivity index (χ4n) is 1.70. The molecular weight excluding hydrogens is 210 g/mol. The van der Waals surface area contributed by atoms with Crippen LogP contribution in [0, 0.1) is 0 Å². The highest BCUT2D eigenvalue weighted by molar-refractivity contribution is 5.91. The first-order chi connectivity index (χ1) is 7.68. The lowest BCUT2D eigenvalue weighted by Crippen LogP contribution is -2.50. The number of nitrogens with zero attached hydrogens (tertiary/aromatic N) is 3. The molecule has 6 nitrogen and oxygen atoms in total. The van der Waals surface area contributed by atoms with Crippen molar-refractivity contribution in [3.05, 3.63) is 18.4 Å². The summed E-state index contributed by atoms with van der Waals surface area (Å²) in [5, 5.41) is 0. The van der Waals surface area contributed by atoms with Crippen LogP contribution in [-0.2, 0) is 4.79 Å². The van der Waals surface area contributed by atoms with Gasteiger partial charge in [0.2, 0.25) is 11.7 Å². The average Bonchev–Trinajstić information content (AvgIpc) is 2.81. The van der Waals surface area contributed by atoms with Crippen molar-refractivity contribution in [2.24, 2.45) is 0 Å². The molecular formula is C10H13N3O3. The van der Waals surface area contributed by atoms with E-state index in [1.807, 2.05) is 0 Å². The highest BCUT2D eigenvalue weighted by Gasteiger charge is 2.24. The quantitative estimate of drug-likeness (QED) is 0.671. The van der Waals surface area contributed by atoms with Crippen LogP contribution >= 0.6 is 0 Å². The van der Waals surface area contributed by atoms with Gasteiger partial charge in [0.05, 0.1) is 6.20 Å². The van der Waals surface area contributed by atoms with E-state index < -0.39 is 0 Å². The molecule has 0 aromatic carbocycles. The molecule has 6 heteroatoms. The van der Waals surface area contributed by atoms with Crippen molar-refractivity contribution in [2.75, 3.05) is 26.2 Å². The van der Waals surface area contributed by atoms with Crippen LogP contribution < -0.4 is 0 Å². The molecule has 0 atom stereocenters. The van der Waals surface area contributed by atoms with E-state index in [0.29, 0.717) is 26.2 Å². The smallest absolute Gasteiger partial charge is 0.291 e. The minimum absolute atomic E-state index is 0.0479. The van der Waals surface area contributed by atoms with E-state index in [0.717, 1.165) is 0 Å². The minimum atomic E-state index is -0.166. The van der Waals surface area contributed by atoms with Crippen molar-refractivity contribution in [1.29, 1.82) is 0 Å². The van der Waals surface area contributed by atoms with Crippen molar-refractivity contribution >= 4 is 11.8 Å². The fraction of sp³-hybridized carbons (Fsp3) is 0.500. The number of piperazine rings is 1. The number of oxazole rings is 1. The van der Waals surface area contributed by atoms with E-state index in [1.165, 1.54) is 19.5 Å². The van der Waals surface area contributed by atoms with Crippen LogP contribution in [0.25, 0.3) is 0 Å². The molecule has 0 radical (unpaired) electrons. The van der Waals surface area contributed by atoms with Crippen LogP contribution in [0.15, 0.2) is 17.0 Å². The standard InChI is InChI=1S/C10H13N3O3/c1-8(14)12-2-4-13(5-3-12)10(15)9-6-11-7-16-9/h6-7H,2-5H2,1H3. The van der Waals surface area contributed by atoms with Gasteiger partial charge >= 0.3 is 0 Å². The van der Waals surface area contributed by atoms with Crippen molar-refractivity contribution in [2.45, 2.75) is 6.92 Å². The number of hydrogen-bond donors (Lipinski definition) is 0. The van der Waals surface area contributed by atoms with Crippen molar-refractivity contribution < 1.29 is 14.0 Å². The number of amides is 2. The topological polar surface area (TPSA) is 66.7 Å². The molecule has 1 saturated heterocycles. The van der Waals surface area contributed by atoms with E-state index in [2.05, 4.69) is 4.98 Å². The second kappa shape index (κ2) is 4.34. The maximum atomic E-state index is 11.8. The molecule has 1 aromatic heterocycles. The van der Waals surface area contributed by atoms with Gasteiger partial charge in [-0.15, -0.1) is 0 Å². The number of aromatic nitrogens is 1. The van der Waals surface area contributed by atoms with Crippen LogP contribution in [0.2, 0.25) is 0 Å². The molecule has 1 aliphatic rings. The summed E-state index contributed by atoms with van der Waals surface area (Å²) in [5.41, 5.74) is 0. The second-order valence-electron chi connectivity index (χ2n) is 3.66. The summed E-state index contributed by atoms with van der Waals surface area (Å²) in [6.07, 6.45) is 2.64. The third-order valence-electron chi connectivity index (χ3n) is 2.66. The zero-order chi connectivity index (χ0) is 11.5. The van der Waals surface area contributed by atoms with E-state index >= 15 is 0 Å². The Morgan fingerprint density at radius 3 is 2.38 bits per heavy atom. The molecule has 0 spiro atoms. The Hall–Kier alpha value is -1.85. The van der Waals surface area contributed by atoms with Gasteiger partial charge in [-0.25, -0.2) is 4.98 Å². The SMILES string of the molecule is CC(=O)N1CCN(C(=O)c2cnco2)CC1. The monoisotopic (exact) mass is 223 g/mol. The predicted octanol–water partition coefficient (Wildman–Crippen LogP) is -0.0211. The summed E-state index contributed by atoms with van der Waals surface area (Å²) in [4.78, 5) is 30.0. The van der Waals surface area contributed by atoms with Crippen molar-refractivity contribution in [3.63, 3.8) is 0 Å². The normalized spacial score (nSPS) is 16.3. The highest BCUT2D eigenvalue weighted by atomic mass is 16.3. The van der Waals surface area contributed by atoms with Gasteiger partial charge in [0.15, 0.2) is 6.39 Å². The van der Waals surface area contributed by atoms with Gasteiger partial charge in [0.1, 0.15) is 0 Å². The summed E-state index contributed by atoms with van der Waals surface area (Å²) in [6.45, 7) is 3.77. The van der Waals surface area contributed by atoms with Gasteiger partial charge in [-0.2, -0.15) is 0 Å². The average molecular weight is 223 g/mol. The molecule has 86 valence electrons. The van der Waals surface area contributed by atoms with Crippen molar-refractivity contribution in [3.8, 4) is 0 Å². The minimum Gasteiger partial charge on any atom is -0.438 e. The predicted molar refractivity (Wildman–Crippen MR) is 54.7 cm³/mol. The maximum absolute atomic E-state index is 11.8. The molecule has 0 bridgehead atoms. The third kappa shape index (κ3) is 2.05. The van der Waals surface area contributed by atoms with Gasteiger partial charge in [-0.1, -0.05) is 0 Å². The lowest BCUT2D eigenvalue weighted by atomic mass is 10.3. The van der Waals surface area contributed by atoms with E-state index in [9.17, 15) is 9.59 Å². The van der Waals surface area contributed by atoms with Crippen LogP contribution in [0.5, 0.6) is 0 Å². The zero-order valence-electron chi connectivity index (χ0n) is 9.05. The molecule has 1 fully saturated rings. The highest BCUT2D eigenvalue weighted by Crippen LogP contribution is 2.08. The first-order valence-corrected chi connectivity index (χ1v) is 5.12. The zero-order valence-corrected chi connectivity index (χ0v) is 9.05. The summed E-state index contributed by atoms with van der Waals surface area (Å²) in [6, 6.07) is 0. The molecule has 2 amide bonds. The lowest BCUT2D eigenvalue weighted by molar-refractivity contribution is -0.130. The molecule has 1 aliphatic heterocycles. The van der Waals surface area contributed by atoms with Crippen molar-refractivity contribution in [1.82, 2.24) is 14.8 Å². The molecule has 16 heavy (non-hydrogen) atoms. The Kier molecular flexibility index (Phi) is 2.89. The van der Waals surface area contributed by atoms with Gasteiger partial charge in [-0.05, 0) is 0 Å². The van der Waals surface area contributed by atoms with Gasteiger partial charge < -0.3 is 14.2 Å². The first kappa shape index (κ1) is 10.7. The van der Waals surface area contributed by atoms with E-state index in [4.69, 9.17) is 4.42 Å². The maximum Gasteiger partial charge on any atom is 0.291 e. The van der Waals surface area contributed by atoms with Crippen LogP contribution in [-0.4, -0.2) is 52.8 Å². The number of rotatable bonds is 1. The fourth-order valence-corrected chi connectivity index (χ4v) is 1.70. The molecule has 0 saturated carbocycles. The van der Waals surface area contributed by atoms with Gasteiger partial charge in [0, 0.05) is 33.1 Å². The Balaban J connectivity index is 1.94. The van der Waals surface area contributed by atoms with Gasteiger partial charge in [0.25, 0.3) is 5.91 Å². The third-order valence-corrected chi connectivity index (χ3v) is 2.66. The summed E-state index contributed by atoms with van der Waals surface area (Å²) in [7, 11) is 0. The number of carbonyl (C=O) groups is 2. The van der Waals surface area contributed by atoms with Crippen LogP contribution in [0.4, 0.5) is 0 Å². The molecule has 0 N–H and O–H groups in total. The Morgan fingerprint density at radius 2 is 1.88 bits per heavy atom. The number of carbonyl (C=O) groups excluding carboxylic acids is 2. The molecule has 0 aliphatic carbocycles. The lowest BCUT2D eigenvalue weighted by Gasteiger charge is -2.33. The van der Waals surface area contributed by atoms with Crippen LogP contribution in [0.1, 0.15) is 17.5 Å². The Labute approximate surface area is 92.8 Å². The Morgan fingerprint density at radius 1 is 1.25 bits per heavy atom. The molecule has 2 heterocycles. The van der Waals surface area contributed by atoms with Crippen LogP contribution in [0.3, 0.4) is 0 Å².